The summed E-state index contributed by atoms with van der Waals surface area (Å²) in [6.07, 6.45) is -5.01. The van der Waals surface area contributed by atoms with Crippen molar-refractivity contribution in [3.05, 3.63) is 0 Å². The first-order valence-electron chi connectivity index (χ1n) is 3.19. The highest BCUT2D eigenvalue weighted by Gasteiger charge is 2.26. The van der Waals surface area contributed by atoms with Gasteiger partial charge in [0, 0.05) is 7.11 Å². The number of ether oxygens (including phenoxy) is 2. The van der Waals surface area contributed by atoms with Crippen LogP contribution in [0.3, 0.4) is 0 Å². The zero-order chi connectivity index (χ0) is 8.74. The van der Waals surface area contributed by atoms with Gasteiger partial charge in [-0.25, -0.2) is 0 Å². The summed E-state index contributed by atoms with van der Waals surface area (Å²) in [5.41, 5.74) is 0. The second-order valence-electron chi connectivity index (χ2n) is 1.97. The average Bonchev–Trinajstić information content (AvgIpc) is 1.85. The Morgan fingerprint density at radius 3 is 2.18 bits per heavy atom. The van der Waals surface area contributed by atoms with Crippen molar-refractivity contribution < 1.29 is 22.6 Å². The van der Waals surface area contributed by atoms with Gasteiger partial charge in [-0.1, -0.05) is 0 Å². The first-order chi connectivity index (χ1) is 5.06. The molecule has 0 saturated heterocycles. The Bertz CT molecular complexity index is 92.3. The van der Waals surface area contributed by atoms with Crippen molar-refractivity contribution in [2.75, 3.05) is 26.9 Å². The number of hydrogen-bond acceptors (Lipinski definition) is 2. The second-order valence-corrected chi connectivity index (χ2v) is 1.97. The minimum atomic E-state index is -4.12. The summed E-state index contributed by atoms with van der Waals surface area (Å²) in [7, 11) is 1.47. The predicted octanol–water partition coefficient (Wildman–Crippen LogP) is 1.60. The Balaban J connectivity index is 3.02. The number of hydrogen-bond donors (Lipinski definition) is 0. The Labute approximate surface area is 63.3 Å². The van der Waals surface area contributed by atoms with Crippen molar-refractivity contribution >= 4 is 0 Å². The molecule has 11 heavy (non-hydrogen) atoms. The standard InChI is InChI=1S/C6H11F3O2/c1-10-4-5-11-3-2-6(7,8)9/h2-5H2,1H3. The van der Waals surface area contributed by atoms with E-state index in [-0.39, 0.29) is 13.2 Å². The van der Waals surface area contributed by atoms with Gasteiger partial charge in [-0.05, 0) is 0 Å². The largest absolute Gasteiger partial charge is 0.391 e. The minimum Gasteiger partial charge on any atom is -0.382 e. The summed E-state index contributed by atoms with van der Waals surface area (Å²) in [5.74, 6) is 0. The Hall–Kier alpha value is -0.290. The first kappa shape index (κ1) is 10.7. The van der Waals surface area contributed by atoms with E-state index >= 15 is 0 Å². The molecule has 0 atom stereocenters. The molecule has 0 amide bonds. The van der Waals surface area contributed by atoms with Gasteiger partial charge in [0.25, 0.3) is 0 Å². The molecule has 0 aromatic carbocycles. The molecule has 0 fully saturated rings. The van der Waals surface area contributed by atoms with Gasteiger partial charge in [-0.15, -0.1) is 0 Å². The van der Waals surface area contributed by atoms with Gasteiger partial charge in [0.1, 0.15) is 0 Å². The van der Waals surface area contributed by atoms with Gasteiger partial charge in [-0.3, -0.25) is 0 Å². The van der Waals surface area contributed by atoms with Crippen molar-refractivity contribution in [2.45, 2.75) is 12.6 Å². The third-order valence-electron chi connectivity index (χ3n) is 0.962. The van der Waals surface area contributed by atoms with E-state index in [1.54, 1.807) is 0 Å². The van der Waals surface area contributed by atoms with Crippen molar-refractivity contribution in [3.63, 3.8) is 0 Å². The molecule has 0 spiro atoms. The fraction of sp³-hybridized carbons (Fsp3) is 1.00. The quantitative estimate of drug-likeness (QED) is 0.586. The van der Waals surface area contributed by atoms with E-state index in [2.05, 4.69) is 9.47 Å². The molecule has 0 unspecified atom stereocenters. The zero-order valence-electron chi connectivity index (χ0n) is 6.28. The Kier molecular flexibility index (Phi) is 5.23. The highest BCUT2D eigenvalue weighted by atomic mass is 19.4. The van der Waals surface area contributed by atoms with E-state index in [1.165, 1.54) is 7.11 Å². The van der Waals surface area contributed by atoms with Crippen LogP contribution in [-0.4, -0.2) is 33.1 Å². The predicted molar refractivity (Wildman–Crippen MR) is 33.4 cm³/mol. The fourth-order valence-corrected chi connectivity index (χ4v) is 0.432. The van der Waals surface area contributed by atoms with Crippen LogP contribution in [0.15, 0.2) is 0 Å². The van der Waals surface area contributed by atoms with Crippen LogP contribution in [0.25, 0.3) is 0 Å². The maximum Gasteiger partial charge on any atom is 0.391 e. The fourth-order valence-electron chi connectivity index (χ4n) is 0.432. The van der Waals surface area contributed by atoms with Crippen LogP contribution < -0.4 is 0 Å². The minimum absolute atomic E-state index is 0.215. The van der Waals surface area contributed by atoms with Crippen LogP contribution in [-0.2, 0) is 9.47 Å². The van der Waals surface area contributed by atoms with E-state index in [1.807, 2.05) is 0 Å². The molecule has 68 valence electrons. The normalized spacial score (nSPS) is 12.0. The molecule has 2 nitrogen and oxygen atoms in total. The summed E-state index contributed by atoms with van der Waals surface area (Å²) < 4.78 is 43.5. The van der Waals surface area contributed by atoms with Crippen LogP contribution in [0.2, 0.25) is 0 Å². The van der Waals surface area contributed by atoms with E-state index in [0.717, 1.165) is 0 Å². The summed E-state index contributed by atoms with van der Waals surface area (Å²) in [6.45, 7) is 0.261. The van der Waals surface area contributed by atoms with E-state index in [9.17, 15) is 13.2 Å². The Morgan fingerprint density at radius 1 is 1.09 bits per heavy atom. The molecule has 0 aliphatic carbocycles. The molecular weight excluding hydrogens is 161 g/mol. The summed E-state index contributed by atoms with van der Waals surface area (Å²) in [4.78, 5) is 0. The highest BCUT2D eigenvalue weighted by Crippen LogP contribution is 2.18. The molecule has 0 aromatic rings. The lowest BCUT2D eigenvalue weighted by molar-refractivity contribution is -0.145. The molecule has 0 radical (unpaired) electrons. The van der Waals surface area contributed by atoms with E-state index in [0.29, 0.717) is 6.61 Å². The molecule has 0 aliphatic heterocycles. The van der Waals surface area contributed by atoms with Crippen molar-refractivity contribution in [3.8, 4) is 0 Å². The lowest BCUT2D eigenvalue weighted by atomic mass is 10.4. The molecule has 0 bridgehead atoms. The molecule has 5 heteroatoms. The first-order valence-corrected chi connectivity index (χ1v) is 3.19. The van der Waals surface area contributed by atoms with Gasteiger partial charge in [0.15, 0.2) is 0 Å². The van der Waals surface area contributed by atoms with Crippen molar-refractivity contribution in [1.82, 2.24) is 0 Å². The SMILES string of the molecule is COCCOCCC(F)(F)F. The van der Waals surface area contributed by atoms with Crippen LogP contribution in [0.5, 0.6) is 0 Å². The summed E-state index contributed by atoms with van der Waals surface area (Å²) in [5, 5.41) is 0. The molecule has 0 heterocycles. The number of methoxy groups -OCH3 is 1. The maximum absolute atomic E-state index is 11.5. The molecular formula is C6H11F3O2. The third kappa shape index (κ3) is 9.71. The van der Waals surface area contributed by atoms with Crippen molar-refractivity contribution in [2.24, 2.45) is 0 Å². The van der Waals surface area contributed by atoms with Gasteiger partial charge < -0.3 is 9.47 Å². The average molecular weight is 172 g/mol. The van der Waals surface area contributed by atoms with Gasteiger partial charge in [-0.2, -0.15) is 13.2 Å². The number of halogens is 3. The van der Waals surface area contributed by atoms with Gasteiger partial charge in [0.2, 0.25) is 0 Å². The van der Waals surface area contributed by atoms with Crippen LogP contribution in [0.1, 0.15) is 6.42 Å². The van der Waals surface area contributed by atoms with Gasteiger partial charge >= 0.3 is 6.18 Å². The summed E-state index contributed by atoms with van der Waals surface area (Å²) in [6, 6.07) is 0. The van der Waals surface area contributed by atoms with Crippen molar-refractivity contribution in [1.29, 1.82) is 0 Å². The monoisotopic (exact) mass is 172 g/mol. The molecule has 0 rings (SSSR count). The lowest BCUT2D eigenvalue weighted by Crippen LogP contribution is -2.13. The lowest BCUT2D eigenvalue weighted by Gasteiger charge is -2.06. The number of rotatable bonds is 5. The molecule has 0 N–H and O–H groups in total. The smallest absolute Gasteiger partial charge is 0.382 e. The van der Waals surface area contributed by atoms with Crippen LogP contribution in [0, 0.1) is 0 Å². The highest BCUT2D eigenvalue weighted by molar-refractivity contribution is 4.47. The maximum atomic E-state index is 11.5. The molecule has 0 saturated carbocycles. The number of alkyl halides is 3. The third-order valence-corrected chi connectivity index (χ3v) is 0.962. The Morgan fingerprint density at radius 2 is 1.73 bits per heavy atom. The zero-order valence-corrected chi connectivity index (χ0v) is 6.28. The molecule has 0 aliphatic rings. The van der Waals surface area contributed by atoms with E-state index in [4.69, 9.17) is 0 Å². The van der Waals surface area contributed by atoms with E-state index < -0.39 is 12.6 Å². The van der Waals surface area contributed by atoms with Crippen LogP contribution in [0.4, 0.5) is 13.2 Å². The van der Waals surface area contributed by atoms with Gasteiger partial charge in [0.05, 0.1) is 26.2 Å². The molecule has 0 aromatic heterocycles. The van der Waals surface area contributed by atoms with Crippen LogP contribution >= 0.6 is 0 Å². The second kappa shape index (κ2) is 5.37. The topological polar surface area (TPSA) is 18.5 Å². The summed E-state index contributed by atoms with van der Waals surface area (Å²) >= 11 is 0.